The van der Waals surface area contributed by atoms with Gasteiger partial charge in [-0.3, -0.25) is 0 Å². The molecule has 1 heteroatoms. The quantitative estimate of drug-likeness (QED) is 0.654. The first kappa shape index (κ1) is 9.01. The van der Waals surface area contributed by atoms with E-state index in [-0.39, 0.29) is 6.10 Å². The number of hydrogen-bond donors (Lipinski definition) is 1. The fraction of sp³-hybridized carbons (Fsp3) is 0.667. The maximum absolute atomic E-state index is 9.36. The van der Waals surface area contributed by atoms with Crippen LogP contribution in [0.2, 0.25) is 0 Å². The molecule has 0 aromatic rings. The molecule has 0 amide bonds. The molecule has 0 aromatic carbocycles. The Labute approximate surface area is 80.2 Å². The molecule has 2 rings (SSSR count). The standard InChI is InChI=1S/C12H18O/c13-12-8-6-11(7-9-12)10-4-2-1-3-5-10/h4,6,12-13H,1-3,5,7-9H2. The predicted molar refractivity (Wildman–Crippen MR) is 54.5 cm³/mol. The summed E-state index contributed by atoms with van der Waals surface area (Å²) in [5, 5.41) is 9.36. The zero-order chi connectivity index (χ0) is 9.10. The lowest BCUT2D eigenvalue weighted by molar-refractivity contribution is 0.163. The lowest BCUT2D eigenvalue weighted by Gasteiger charge is -2.21. The molecular formula is C12H18O. The van der Waals surface area contributed by atoms with Gasteiger partial charge in [-0.25, -0.2) is 0 Å². The van der Waals surface area contributed by atoms with E-state index >= 15 is 0 Å². The van der Waals surface area contributed by atoms with Crippen molar-refractivity contribution in [3.8, 4) is 0 Å². The molecule has 1 nitrogen and oxygen atoms in total. The summed E-state index contributed by atoms with van der Waals surface area (Å²) in [5.41, 5.74) is 3.09. The number of allylic oxidation sites excluding steroid dienone is 3. The lowest BCUT2D eigenvalue weighted by atomic mass is 9.86. The van der Waals surface area contributed by atoms with Gasteiger partial charge in [0.2, 0.25) is 0 Å². The zero-order valence-corrected chi connectivity index (χ0v) is 8.13. The lowest BCUT2D eigenvalue weighted by Crippen LogP contribution is -2.11. The van der Waals surface area contributed by atoms with Crippen molar-refractivity contribution in [2.45, 2.75) is 51.0 Å². The molecule has 0 bridgehead atoms. The van der Waals surface area contributed by atoms with E-state index in [0.717, 1.165) is 19.3 Å². The van der Waals surface area contributed by atoms with Gasteiger partial charge in [0.05, 0.1) is 6.10 Å². The fourth-order valence-corrected chi connectivity index (χ4v) is 2.24. The highest BCUT2D eigenvalue weighted by atomic mass is 16.3. The number of aliphatic hydroxyl groups excluding tert-OH is 1. The van der Waals surface area contributed by atoms with Gasteiger partial charge in [-0.15, -0.1) is 0 Å². The molecule has 0 saturated carbocycles. The van der Waals surface area contributed by atoms with E-state index in [2.05, 4.69) is 12.2 Å². The van der Waals surface area contributed by atoms with Crippen molar-refractivity contribution in [1.82, 2.24) is 0 Å². The summed E-state index contributed by atoms with van der Waals surface area (Å²) >= 11 is 0. The average Bonchev–Trinajstić information content (AvgIpc) is 2.20. The van der Waals surface area contributed by atoms with Gasteiger partial charge < -0.3 is 5.11 Å². The molecule has 0 heterocycles. The molecule has 0 aliphatic heterocycles. The van der Waals surface area contributed by atoms with Crippen LogP contribution in [0.3, 0.4) is 0 Å². The second-order valence-corrected chi connectivity index (χ2v) is 4.13. The number of rotatable bonds is 1. The van der Waals surface area contributed by atoms with E-state index in [9.17, 15) is 5.11 Å². The van der Waals surface area contributed by atoms with Crippen molar-refractivity contribution in [2.75, 3.05) is 0 Å². The predicted octanol–water partition coefficient (Wildman–Crippen LogP) is 2.96. The van der Waals surface area contributed by atoms with Crippen LogP contribution >= 0.6 is 0 Å². The molecular weight excluding hydrogens is 160 g/mol. The van der Waals surface area contributed by atoms with Gasteiger partial charge in [0, 0.05) is 0 Å². The Morgan fingerprint density at radius 1 is 1.08 bits per heavy atom. The fourth-order valence-electron chi connectivity index (χ4n) is 2.24. The third-order valence-corrected chi connectivity index (χ3v) is 3.09. The summed E-state index contributed by atoms with van der Waals surface area (Å²) in [7, 11) is 0. The Bertz CT molecular complexity index is 238. The van der Waals surface area contributed by atoms with E-state index in [0.29, 0.717) is 0 Å². The largest absolute Gasteiger partial charge is 0.393 e. The van der Waals surface area contributed by atoms with Gasteiger partial charge >= 0.3 is 0 Å². The molecule has 0 saturated heterocycles. The Morgan fingerprint density at radius 3 is 2.54 bits per heavy atom. The first-order chi connectivity index (χ1) is 6.36. The molecule has 2 aliphatic rings. The first-order valence-corrected chi connectivity index (χ1v) is 5.43. The molecule has 0 spiro atoms. The Balaban J connectivity index is 2.03. The molecule has 1 atom stereocenters. The Hall–Kier alpha value is -0.560. The molecule has 1 N–H and O–H groups in total. The summed E-state index contributed by atoms with van der Waals surface area (Å²) in [6, 6.07) is 0. The SMILES string of the molecule is OC1CC=C(C2=CCCCC2)CC1. The molecule has 0 fully saturated rings. The topological polar surface area (TPSA) is 20.2 Å². The monoisotopic (exact) mass is 178 g/mol. The van der Waals surface area contributed by atoms with Gasteiger partial charge in [-0.1, -0.05) is 12.2 Å². The van der Waals surface area contributed by atoms with Crippen molar-refractivity contribution >= 4 is 0 Å². The van der Waals surface area contributed by atoms with Crippen molar-refractivity contribution < 1.29 is 5.11 Å². The van der Waals surface area contributed by atoms with Gasteiger partial charge in [0.25, 0.3) is 0 Å². The molecule has 13 heavy (non-hydrogen) atoms. The maximum atomic E-state index is 9.36. The zero-order valence-electron chi connectivity index (χ0n) is 8.13. The summed E-state index contributed by atoms with van der Waals surface area (Å²) < 4.78 is 0. The smallest absolute Gasteiger partial charge is 0.0578 e. The highest BCUT2D eigenvalue weighted by Crippen LogP contribution is 2.30. The third-order valence-electron chi connectivity index (χ3n) is 3.09. The normalized spacial score (nSPS) is 29.5. The Morgan fingerprint density at radius 2 is 1.92 bits per heavy atom. The number of hydrogen-bond acceptors (Lipinski definition) is 1. The van der Waals surface area contributed by atoms with Crippen molar-refractivity contribution in [3.05, 3.63) is 23.3 Å². The first-order valence-electron chi connectivity index (χ1n) is 5.43. The molecule has 0 aromatic heterocycles. The molecule has 72 valence electrons. The third kappa shape index (κ3) is 2.22. The van der Waals surface area contributed by atoms with Crippen LogP contribution in [-0.4, -0.2) is 11.2 Å². The summed E-state index contributed by atoms with van der Waals surface area (Å²) in [5.74, 6) is 0. The second kappa shape index (κ2) is 4.10. The average molecular weight is 178 g/mol. The van der Waals surface area contributed by atoms with Gasteiger partial charge in [0.15, 0.2) is 0 Å². The van der Waals surface area contributed by atoms with E-state index in [1.807, 2.05) is 0 Å². The van der Waals surface area contributed by atoms with Gasteiger partial charge in [0.1, 0.15) is 0 Å². The number of aliphatic hydroxyl groups is 1. The highest BCUT2D eigenvalue weighted by molar-refractivity contribution is 5.33. The summed E-state index contributed by atoms with van der Waals surface area (Å²) in [6.07, 6.45) is 12.7. The van der Waals surface area contributed by atoms with E-state index < -0.39 is 0 Å². The van der Waals surface area contributed by atoms with E-state index in [1.54, 1.807) is 5.57 Å². The summed E-state index contributed by atoms with van der Waals surface area (Å²) in [6.45, 7) is 0. The van der Waals surface area contributed by atoms with Crippen LogP contribution in [-0.2, 0) is 0 Å². The minimum Gasteiger partial charge on any atom is -0.393 e. The summed E-state index contributed by atoms with van der Waals surface area (Å²) in [4.78, 5) is 0. The van der Waals surface area contributed by atoms with Crippen LogP contribution in [0.25, 0.3) is 0 Å². The highest BCUT2D eigenvalue weighted by Gasteiger charge is 2.15. The van der Waals surface area contributed by atoms with Crippen LogP contribution in [0.4, 0.5) is 0 Å². The van der Waals surface area contributed by atoms with E-state index in [4.69, 9.17) is 0 Å². The molecule has 0 radical (unpaired) electrons. The van der Waals surface area contributed by atoms with Crippen LogP contribution in [0.1, 0.15) is 44.9 Å². The van der Waals surface area contributed by atoms with Gasteiger partial charge in [-0.2, -0.15) is 0 Å². The maximum Gasteiger partial charge on any atom is 0.0578 e. The second-order valence-electron chi connectivity index (χ2n) is 4.13. The molecule has 2 aliphatic carbocycles. The van der Waals surface area contributed by atoms with Crippen LogP contribution in [0.15, 0.2) is 23.3 Å². The Kier molecular flexibility index (Phi) is 2.84. The van der Waals surface area contributed by atoms with E-state index in [1.165, 1.54) is 31.3 Å². The van der Waals surface area contributed by atoms with Crippen LogP contribution in [0.5, 0.6) is 0 Å². The van der Waals surface area contributed by atoms with Crippen molar-refractivity contribution in [1.29, 1.82) is 0 Å². The molecule has 1 unspecified atom stereocenters. The van der Waals surface area contributed by atoms with Gasteiger partial charge in [-0.05, 0) is 56.1 Å². The van der Waals surface area contributed by atoms with Crippen LogP contribution < -0.4 is 0 Å². The van der Waals surface area contributed by atoms with Crippen molar-refractivity contribution in [2.24, 2.45) is 0 Å². The van der Waals surface area contributed by atoms with Crippen molar-refractivity contribution in [3.63, 3.8) is 0 Å². The minimum absolute atomic E-state index is 0.0760. The van der Waals surface area contributed by atoms with Crippen LogP contribution in [0, 0.1) is 0 Å². The minimum atomic E-state index is -0.0760.